The normalized spacial score (nSPS) is 10.5. The zero-order valence-corrected chi connectivity index (χ0v) is 7.54. The molecule has 13 heavy (non-hydrogen) atoms. The highest BCUT2D eigenvalue weighted by Gasteiger charge is 2.32. The Morgan fingerprint density at radius 1 is 1.38 bits per heavy atom. The molecule has 74 valence electrons. The lowest BCUT2D eigenvalue weighted by Crippen LogP contribution is -2.08. The number of hydrogen-bond donors (Lipinski definition) is 1. The summed E-state index contributed by atoms with van der Waals surface area (Å²) < 4.78 is 36.5. The topological polar surface area (TPSA) is 24.9 Å². The van der Waals surface area contributed by atoms with Crippen molar-refractivity contribution >= 4 is 18.1 Å². The molecule has 0 radical (unpaired) electrons. The van der Waals surface area contributed by atoms with Crippen molar-refractivity contribution in [1.82, 2.24) is 4.98 Å². The van der Waals surface area contributed by atoms with Crippen LogP contribution in [-0.2, 0) is 6.18 Å². The zero-order chi connectivity index (χ0) is 9.19. The molecule has 1 aromatic rings. The molecule has 0 atom stereocenters. The minimum Gasteiger partial charge on any atom is -0.386 e. The van der Waals surface area contributed by atoms with Crippen molar-refractivity contribution in [3.63, 3.8) is 0 Å². The monoisotopic (exact) mass is 212 g/mol. The summed E-state index contributed by atoms with van der Waals surface area (Å²) in [7, 11) is 1.42. The first kappa shape index (κ1) is 12.0. The lowest BCUT2D eigenvalue weighted by atomic mass is 10.2. The Morgan fingerprint density at radius 3 is 2.38 bits per heavy atom. The molecule has 0 aliphatic carbocycles. The summed E-state index contributed by atoms with van der Waals surface area (Å²) in [5.74, 6) is 0. The van der Waals surface area contributed by atoms with Crippen LogP contribution in [0.25, 0.3) is 0 Å². The minimum atomic E-state index is -4.32. The third-order valence-electron chi connectivity index (χ3n) is 1.40. The van der Waals surface area contributed by atoms with Crippen LogP contribution in [0.5, 0.6) is 0 Å². The highest BCUT2D eigenvalue weighted by molar-refractivity contribution is 5.85. The Kier molecular flexibility index (Phi) is 4.00. The molecule has 0 aliphatic rings. The number of hydrogen-bond acceptors (Lipinski definition) is 2. The van der Waals surface area contributed by atoms with E-state index in [0.29, 0.717) is 0 Å². The Balaban J connectivity index is 0.00000144. The van der Waals surface area contributed by atoms with Crippen LogP contribution in [0.15, 0.2) is 18.5 Å². The fourth-order valence-electron chi connectivity index (χ4n) is 0.841. The summed E-state index contributed by atoms with van der Waals surface area (Å²) in [6, 6.07) is 0.936. The van der Waals surface area contributed by atoms with Gasteiger partial charge in [0.25, 0.3) is 0 Å². The van der Waals surface area contributed by atoms with Crippen molar-refractivity contribution in [2.75, 3.05) is 12.4 Å². The van der Waals surface area contributed by atoms with Crippen molar-refractivity contribution in [2.24, 2.45) is 0 Å². The van der Waals surface area contributed by atoms with Crippen LogP contribution >= 0.6 is 12.4 Å². The fraction of sp³-hybridized carbons (Fsp3) is 0.286. The Hall–Kier alpha value is -0.970. The molecule has 1 rings (SSSR count). The molecule has 0 bridgehead atoms. The number of rotatable bonds is 1. The molecule has 0 fully saturated rings. The molecule has 0 aliphatic heterocycles. The number of nitrogens with zero attached hydrogens (tertiary/aromatic N) is 1. The largest absolute Gasteiger partial charge is 0.418 e. The molecular formula is C7H8ClF3N2. The molecule has 0 unspecified atom stereocenters. The third kappa shape index (κ3) is 2.77. The summed E-state index contributed by atoms with van der Waals surface area (Å²) >= 11 is 0. The first-order valence-electron chi connectivity index (χ1n) is 3.24. The van der Waals surface area contributed by atoms with Crippen molar-refractivity contribution in [2.45, 2.75) is 6.18 Å². The lowest BCUT2D eigenvalue weighted by molar-refractivity contribution is -0.137. The molecule has 1 aromatic heterocycles. The predicted octanol–water partition coefficient (Wildman–Crippen LogP) is 2.56. The molecule has 2 nitrogen and oxygen atoms in total. The molecule has 0 amide bonds. The average Bonchev–Trinajstić information content (AvgIpc) is 2.03. The summed E-state index contributed by atoms with van der Waals surface area (Å²) in [5.41, 5.74) is -0.704. The van der Waals surface area contributed by atoms with Gasteiger partial charge in [0.2, 0.25) is 0 Å². The molecule has 0 saturated heterocycles. The van der Waals surface area contributed by atoms with Crippen LogP contribution in [0, 0.1) is 0 Å². The molecule has 0 spiro atoms. The highest BCUT2D eigenvalue weighted by atomic mass is 35.5. The van der Waals surface area contributed by atoms with Crippen LogP contribution in [0.4, 0.5) is 18.9 Å². The molecule has 0 saturated carbocycles. The lowest BCUT2D eigenvalue weighted by Gasteiger charge is -2.10. The number of alkyl halides is 3. The number of anilines is 1. The smallest absolute Gasteiger partial charge is 0.386 e. The van der Waals surface area contributed by atoms with Gasteiger partial charge >= 0.3 is 6.18 Å². The highest BCUT2D eigenvalue weighted by Crippen LogP contribution is 2.33. The van der Waals surface area contributed by atoms with Gasteiger partial charge in [-0.1, -0.05) is 0 Å². The van der Waals surface area contributed by atoms with E-state index >= 15 is 0 Å². The maximum absolute atomic E-state index is 12.2. The minimum absolute atomic E-state index is 0. The van der Waals surface area contributed by atoms with Crippen LogP contribution < -0.4 is 5.32 Å². The number of halogens is 4. The van der Waals surface area contributed by atoms with E-state index in [4.69, 9.17) is 0 Å². The Morgan fingerprint density at radius 2 is 2.00 bits per heavy atom. The maximum atomic E-state index is 12.2. The van der Waals surface area contributed by atoms with E-state index in [1.165, 1.54) is 7.05 Å². The standard InChI is InChI=1S/C7H7F3N2.ClH/c1-11-6-4-12-3-2-5(6)7(8,9)10;/h2-4,11H,1H3;1H. The van der Waals surface area contributed by atoms with Gasteiger partial charge in [0.1, 0.15) is 0 Å². The van der Waals surface area contributed by atoms with Crippen molar-refractivity contribution in [3.8, 4) is 0 Å². The van der Waals surface area contributed by atoms with E-state index in [2.05, 4.69) is 10.3 Å². The summed E-state index contributed by atoms with van der Waals surface area (Å²) in [6.07, 6.45) is -2.06. The number of aromatic nitrogens is 1. The SMILES string of the molecule is CNc1cnccc1C(F)(F)F.Cl. The van der Waals surface area contributed by atoms with Gasteiger partial charge in [-0.15, -0.1) is 12.4 Å². The van der Waals surface area contributed by atoms with Gasteiger partial charge in [-0.05, 0) is 6.07 Å². The van der Waals surface area contributed by atoms with Gasteiger partial charge in [0.15, 0.2) is 0 Å². The average molecular weight is 213 g/mol. The first-order valence-corrected chi connectivity index (χ1v) is 3.24. The van der Waals surface area contributed by atoms with E-state index < -0.39 is 11.7 Å². The number of nitrogens with one attached hydrogen (secondary N) is 1. The maximum Gasteiger partial charge on any atom is 0.418 e. The summed E-state index contributed by atoms with van der Waals surface area (Å²) in [4.78, 5) is 3.57. The van der Waals surface area contributed by atoms with E-state index in [1.54, 1.807) is 0 Å². The molecule has 1 heterocycles. The van der Waals surface area contributed by atoms with Gasteiger partial charge in [0, 0.05) is 13.2 Å². The van der Waals surface area contributed by atoms with E-state index in [-0.39, 0.29) is 18.1 Å². The van der Waals surface area contributed by atoms with Gasteiger partial charge in [-0.2, -0.15) is 13.2 Å². The van der Waals surface area contributed by atoms with Crippen LogP contribution in [0.1, 0.15) is 5.56 Å². The first-order chi connectivity index (χ1) is 5.55. The van der Waals surface area contributed by atoms with Crippen molar-refractivity contribution in [3.05, 3.63) is 24.0 Å². The second-order valence-electron chi connectivity index (χ2n) is 2.17. The summed E-state index contributed by atoms with van der Waals surface area (Å²) in [5, 5.41) is 2.42. The molecular weight excluding hydrogens is 205 g/mol. The second kappa shape index (κ2) is 4.32. The Bertz CT molecular complexity index is 275. The Labute approximate surface area is 79.6 Å². The number of pyridine rings is 1. The van der Waals surface area contributed by atoms with E-state index in [0.717, 1.165) is 18.5 Å². The predicted molar refractivity (Wildman–Crippen MR) is 46.0 cm³/mol. The third-order valence-corrected chi connectivity index (χ3v) is 1.40. The zero-order valence-electron chi connectivity index (χ0n) is 6.72. The molecule has 1 N–H and O–H groups in total. The van der Waals surface area contributed by atoms with E-state index in [1.807, 2.05) is 0 Å². The van der Waals surface area contributed by atoms with Crippen molar-refractivity contribution in [1.29, 1.82) is 0 Å². The van der Waals surface area contributed by atoms with Crippen LogP contribution in [-0.4, -0.2) is 12.0 Å². The summed E-state index contributed by atoms with van der Waals surface area (Å²) in [6.45, 7) is 0. The van der Waals surface area contributed by atoms with Gasteiger partial charge in [-0.3, -0.25) is 4.98 Å². The van der Waals surface area contributed by atoms with Gasteiger partial charge < -0.3 is 5.32 Å². The van der Waals surface area contributed by atoms with Crippen LogP contribution in [0.3, 0.4) is 0 Å². The molecule has 6 heteroatoms. The fourth-order valence-corrected chi connectivity index (χ4v) is 0.841. The van der Waals surface area contributed by atoms with Crippen molar-refractivity contribution < 1.29 is 13.2 Å². The second-order valence-corrected chi connectivity index (χ2v) is 2.17. The van der Waals surface area contributed by atoms with Crippen LogP contribution in [0.2, 0.25) is 0 Å². The van der Waals surface area contributed by atoms with Gasteiger partial charge in [-0.25, -0.2) is 0 Å². The van der Waals surface area contributed by atoms with Gasteiger partial charge in [0.05, 0.1) is 17.4 Å². The quantitative estimate of drug-likeness (QED) is 0.774. The molecule has 0 aromatic carbocycles. The van der Waals surface area contributed by atoms with E-state index in [9.17, 15) is 13.2 Å².